The van der Waals surface area contributed by atoms with Crippen molar-refractivity contribution in [2.45, 2.75) is 6.54 Å². The molecule has 0 fully saturated rings. The molecule has 0 atom stereocenters. The van der Waals surface area contributed by atoms with Crippen molar-refractivity contribution in [2.24, 2.45) is 0 Å². The average Bonchev–Trinajstić information content (AvgIpc) is 3.27. The third-order valence-corrected chi connectivity index (χ3v) is 5.39. The maximum Gasteiger partial charge on any atom is 0.246 e. The normalized spacial score (nSPS) is 10.9. The molecule has 0 saturated carbocycles. The quantitative estimate of drug-likeness (QED) is 0.446. The molecule has 27 heavy (non-hydrogen) atoms. The molecule has 2 heterocycles. The zero-order chi connectivity index (χ0) is 18.8. The molecule has 0 aliphatic rings. The Morgan fingerprint density at radius 2 is 2.04 bits per heavy atom. The number of anilines is 1. The second kappa shape index (κ2) is 7.46. The molecule has 4 aromatic rings. The Balaban J connectivity index is 1.53. The minimum atomic E-state index is -0.193. The van der Waals surface area contributed by atoms with Crippen LogP contribution in [0, 0.1) is 0 Å². The summed E-state index contributed by atoms with van der Waals surface area (Å²) in [6, 6.07) is 15.5. The fourth-order valence-electron chi connectivity index (χ4n) is 2.91. The van der Waals surface area contributed by atoms with Gasteiger partial charge in [0.2, 0.25) is 5.91 Å². The first-order chi connectivity index (χ1) is 13.1. The Hall–Kier alpha value is -2.77. The molecule has 0 saturated heterocycles. The van der Waals surface area contributed by atoms with E-state index in [2.05, 4.69) is 26.2 Å². The van der Waals surface area contributed by atoms with Gasteiger partial charge < -0.3 is 9.88 Å². The van der Waals surface area contributed by atoms with Crippen molar-refractivity contribution in [2.75, 3.05) is 5.32 Å². The van der Waals surface area contributed by atoms with Gasteiger partial charge in [0, 0.05) is 38.1 Å². The number of nitrogens with one attached hydrogen (secondary N) is 1. The molecule has 4 rings (SSSR count). The number of nitrogens with zero attached hydrogens (tertiary/aromatic N) is 2. The van der Waals surface area contributed by atoms with Crippen molar-refractivity contribution in [3.63, 3.8) is 0 Å². The number of aromatic nitrogens is 2. The number of benzene rings is 2. The monoisotopic (exact) mass is 439 g/mol. The first-order valence-corrected chi connectivity index (χ1v) is 9.85. The van der Waals surface area contributed by atoms with Gasteiger partial charge in [-0.3, -0.25) is 9.59 Å². The minimum absolute atomic E-state index is 0.103. The summed E-state index contributed by atoms with van der Waals surface area (Å²) in [5, 5.41) is 6.11. The van der Waals surface area contributed by atoms with Crippen LogP contribution in [-0.2, 0) is 11.3 Å². The molecule has 1 N–H and O–H groups in total. The molecule has 0 spiro atoms. The molecule has 0 radical (unpaired) electrons. The van der Waals surface area contributed by atoms with Crippen molar-refractivity contribution in [3.05, 3.63) is 70.1 Å². The summed E-state index contributed by atoms with van der Waals surface area (Å²) < 4.78 is 2.66. The van der Waals surface area contributed by atoms with Gasteiger partial charge >= 0.3 is 0 Å². The van der Waals surface area contributed by atoms with E-state index in [1.54, 1.807) is 10.8 Å². The standard InChI is InChI=1S/C20H14BrN3O2S/c21-15-6-7-18-16(8-15)14(11-25)9-24(18)10-19(26)23-20-22-17(12-27-20)13-4-2-1-3-5-13/h1-9,11-12H,10H2,(H,22,23,26). The third kappa shape index (κ3) is 3.70. The minimum Gasteiger partial charge on any atom is -0.337 e. The molecule has 0 aliphatic heterocycles. The largest absolute Gasteiger partial charge is 0.337 e. The van der Waals surface area contributed by atoms with E-state index in [9.17, 15) is 9.59 Å². The van der Waals surface area contributed by atoms with Crippen LogP contribution in [0.5, 0.6) is 0 Å². The van der Waals surface area contributed by atoms with Crippen molar-refractivity contribution in [1.82, 2.24) is 9.55 Å². The van der Waals surface area contributed by atoms with Crippen LogP contribution in [0.2, 0.25) is 0 Å². The highest BCUT2D eigenvalue weighted by molar-refractivity contribution is 9.10. The van der Waals surface area contributed by atoms with Crippen molar-refractivity contribution >= 4 is 55.5 Å². The van der Waals surface area contributed by atoms with Crippen LogP contribution in [0.25, 0.3) is 22.2 Å². The van der Waals surface area contributed by atoms with Gasteiger partial charge in [0.1, 0.15) is 6.54 Å². The number of halogens is 1. The Labute approximate surface area is 167 Å². The van der Waals surface area contributed by atoms with E-state index in [0.717, 1.165) is 32.9 Å². The van der Waals surface area contributed by atoms with Gasteiger partial charge in [-0.2, -0.15) is 0 Å². The number of hydrogen-bond donors (Lipinski definition) is 1. The fourth-order valence-corrected chi connectivity index (χ4v) is 4.00. The van der Waals surface area contributed by atoms with Crippen molar-refractivity contribution in [3.8, 4) is 11.3 Å². The second-order valence-electron chi connectivity index (χ2n) is 5.94. The lowest BCUT2D eigenvalue weighted by atomic mass is 10.2. The predicted octanol–water partition coefficient (Wildman–Crippen LogP) is 4.98. The van der Waals surface area contributed by atoms with Gasteiger partial charge in [-0.15, -0.1) is 11.3 Å². The Kier molecular flexibility index (Phi) is 4.87. The first kappa shape index (κ1) is 17.6. The highest BCUT2D eigenvalue weighted by Crippen LogP contribution is 2.26. The van der Waals surface area contributed by atoms with Crippen LogP contribution in [0.4, 0.5) is 5.13 Å². The van der Waals surface area contributed by atoms with Crippen molar-refractivity contribution < 1.29 is 9.59 Å². The van der Waals surface area contributed by atoms with Crippen LogP contribution in [-0.4, -0.2) is 21.7 Å². The van der Waals surface area contributed by atoms with E-state index in [0.29, 0.717) is 10.7 Å². The van der Waals surface area contributed by atoms with Crippen LogP contribution < -0.4 is 5.32 Å². The molecule has 2 aromatic carbocycles. The highest BCUT2D eigenvalue weighted by Gasteiger charge is 2.13. The maximum absolute atomic E-state index is 12.5. The number of rotatable bonds is 5. The summed E-state index contributed by atoms with van der Waals surface area (Å²) in [7, 11) is 0. The summed E-state index contributed by atoms with van der Waals surface area (Å²) in [6.45, 7) is 0.103. The molecule has 2 aromatic heterocycles. The number of amides is 1. The summed E-state index contributed by atoms with van der Waals surface area (Å²) in [5.41, 5.74) is 3.22. The SMILES string of the molecule is O=Cc1cn(CC(=O)Nc2nc(-c3ccccc3)cs2)c2ccc(Br)cc12. The molecule has 0 unspecified atom stereocenters. The van der Waals surface area contributed by atoms with Crippen LogP contribution >= 0.6 is 27.3 Å². The van der Waals surface area contributed by atoms with Crippen LogP contribution in [0.1, 0.15) is 10.4 Å². The lowest BCUT2D eigenvalue weighted by Crippen LogP contribution is -2.18. The topological polar surface area (TPSA) is 64.0 Å². The van der Waals surface area contributed by atoms with Gasteiger partial charge in [-0.1, -0.05) is 46.3 Å². The van der Waals surface area contributed by atoms with E-state index in [4.69, 9.17) is 0 Å². The van der Waals surface area contributed by atoms with Gasteiger partial charge in [-0.25, -0.2) is 4.98 Å². The van der Waals surface area contributed by atoms with E-state index in [-0.39, 0.29) is 12.5 Å². The lowest BCUT2D eigenvalue weighted by Gasteiger charge is -2.05. The van der Waals surface area contributed by atoms with E-state index in [1.165, 1.54) is 11.3 Å². The lowest BCUT2D eigenvalue weighted by molar-refractivity contribution is -0.116. The van der Waals surface area contributed by atoms with Crippen LogP contribution in [0.15, 0.2) is 64.6 Å². The number of fused-ring (bicyclic) bond motifs is 1. The summed E-state index contributed by atoms with van der Waals surface area (Å²) in [5.74, 6) is -0.193. The molecule has 5 nitrogen and oxygen atoms in total. The molecule has 0 bridgehead atoms. The summed E-state index contributed by atoms with van der Waals surface area (Å²) in [6.07, 6.45) is 2.50. The van der Waals surface area contributed by atoms with Gasteiger partial charge in [0.15, 0.2) is 11.4 Å². The zero-order valence-corrected chi connectivity index (χ0v) is 16.5. The number of carbonyl (C=O) groups is 2. The van der Waals surface area contributed by atoms with Gasteiger partial charge in [0.25, 0.3) is 0 Å². The molecular formula is C20H14BrN3O2S. The number of hydrogen-bond acceptors (Lipinski definition) is 4. The average molecular weight is 440 g/mol. The number of aldehydes is 1. The van der Waals surface area contributed by atoms with Gasteiger partial charge in [-0.05, 0) is 18.2 Å². The summed E-state index contributed by atoms with van der Waals surface area (Å²) >= 11 is 4.79. The fraction of sp³-hybridized carbons (Fsp3) is 0.0500. The molecule has 0 aliphatic carbocycles. The number of thiazole rings is 1. The van der Waals surface area contributed by atoms with E-state index < -0.39 is 0 Å². The summed E-state index contributed by atoms with van der Waals surface area (Å²) in [4.78, 5) is 28.3. The van der Waals surface area contributed by atoms with Gasteiger partial charge in [0.05, 0.1) is 5.69 Å². The zero-order valence-electron chi connectivity index (χ0n) is 14.1. The molecule has 7 heteroatoms. The molecule has 134 valence electrons. The first-order valence-electron chi connectivity index (χ1n) is 8.18. The maximum atomic E-state index is 12.5. The predicted molar refractivity (Wildman–Crippen MR) is 111 cm³/mol. The van der Waals surface area contributed by atoms with Crippen molar-refractivity contribution in [1.29, 1.82) is 0 Å². The third-order valence-electron chi connectivity index (χ3n) is 4.13. The Morgan fingerprint density at radius 1 is 1.22 bits per heavy atom. The Bertz CT molecular complexity index is 1130. The molecular weight excluding hydrogens is 426 g/mol. The second-order valence-corrected chi connectivity index (χ2v) is 7.72. The van der Waals surface area contributed by atoms with E-state index >= 15 is 0 Å². The molecule has 1 amide bonds. The van der Waals surface area contributed by atoms with Crippen LogP contribution in [0.3, 0.4) is 0 Å². The Morgan fingerprint density at radius 3 is 2.81 bits per heavy atom. The highest BCUT2D eigenvalue weighted by atomic mass is 79.9. The van der Waals surface area contributed by atoms with E-state index in [1.807, 2.05) is 53.9 Å². The number of carbonyl (C=O) groups excluding carboxylic acids is 2. The smallest absolute Gasteiger partial charge is 0.246 e.